The van der Waals surface area contributed by atoms with Crippen molar-refractivity contribution >= 4 is 5.69 Å². The fourth-order valence-electron chi connectivity index (χ4n) is 1.19. The molecule has 1 atom stereocenters. The summed E-state index contributed by atoms with van der Waals surface area (Å²) in [6.07, 6.45) is 0.854. The van der Waals surface area contributed by atoms with Crippen LogP contribution in [-0.2, 0) is 0 Å². The molecule has 0 aromatic heterocycles. The summed E-state index contributed by atoms with van der Waals surface area (Å²) in [5, 5.41) is 20.8. The Bertz CT molecular complexity index is 326. The second-order valence-corrected chi connectivity index (χ2v) is 3.12. The highest BCUT2D eigenvalue weighted by Gasteiger charge is 2.03. The van der Waals surface area contributed by atoms with Crippen LogP contribution >= 0.6 is 0 Å². The van der Waals surface area contributed by atoms with E-state index in [-0.39, 0.29) is 12.6 Å². The van der Waals surface area contributed by atoms with Crippen molar-refractivity contribution in [3.8, 4) is 6.07 Å². The van der Waals surface area contributed by atoms with E-state index >= 15 is 0 Å². The fourth-order valence-corrected chi connectivity index (χ4v) is 1.19. The summed E-state index contributed by atoms with van der Waals surface area (Å²) >= 11 is 0. The maximum absolute atomic E-state index is 8.99. The molecule has 74 valence electrons. The summed E-state index contributed by atoms with van der Waals surface area (Å²) in [5.74, 6) is 0. The van der Waals surface area contributed by atoms with Gasteiger partial charge in [-0.1, -0.05) is 13.0 Å². The van der Waals surface area contributed by atoms with Crippen LogP contribution in [0.4, 0.5) is 5.69 Å². The Morgan fingerprint density at radius 3 is 2.93 bits per heavy atom. The molecule has 1 rings (SSSR count). The normalized spacial score (nSPS) is 11.8. The van der Waals surface area contributed by atoms with E-state index in [0.29, 0.717) is 5.56 Å². The maximum Gasteiger partial charge on any atom is 0.0992 e. The topological polar surface area (TPSA) is 56.0 Å². The molecule has 2 N–H and O–H groups in total. The predicted octanol–water partition coefficient (Wildman–Crippen LogP) is 1.74. The van der Waals surface area contributed by atoms with Crippen molar-refractivity contribution in [2.75, 3.05) is 11.9 Å². The van der Waals surface area contributed by atoms with E-state index in [1.54, 1.807) is 12.1 Å². The SMILES string of the molecule is CCC(CO)Nc1cccc(C#N)c1. The van der Waals surface area contributed by atoms with Gasteiger partial charge in [-0.15, -0.1) is 0 Å². The Hall–Kier alpha value is -1.53. The lowest BCUT2D eigenvalue weighted by Gasteiger charge is -2.15. The molecule has 0 fully saturated rings. The minimum atomic E-state index is 0.0592. The van der Waals surface area contributed by atoms with Gasteiger partial charge in [0.25, 0.3) is 0 Å². The van der Waals surface area contributed by atoms with E-state index in [0.717, 1.165) is 12.1 Å². The number of aliphatic hydroxyl groups excluding tert-OH is 1. The zero-order valence-electron chi connectivity index (χ0n) is 8.20. The largest absolute Gasteiger partial charge is 0.394 e. The van der Waals surface area contributed by atoms with E-state index in [4.69, 9.17) is 10.4 Å². The van der Waals surface area contributed by atoms with Crippen LogP contribution in [0.1, 0.15) is 18.9 Å². The molecule has 1 aromatic carbocycles. The molecule has 0 saturated carbocycles. The summed E-state index contributed by atoms with van der Waals surface area (Å²) in [6, 6.07) is 9.38. The van der Waals surface area contributed by atoms with Gasteiger partial charge in [0.2, 0.25) is 0 Å². The second-order valence-electron chi connectivity index (χ2n) is 3.12. The lowest BCUT2D eigenvalue weighted by atomic mass is 10.2. The van der Waals surface area contributed by atoms with Gasteiger partial charge < -0.3 is 10.4 Å². The average molecular weight is 190 g/mol. The number of hydrogen-bond donors (Lipinski definition) is 2. The number of rotatable bonds is 4. The van der Waals surface area contributed by atoms with Crippen molar-refractivity contribution < 1.29 is 5.11 Å². The molecule has 0 aliphatic heterocycles. The first-order chi connectivity index (χ1) is 6.80. The quantitative estimate of drug-likeness (QED) is 0.760. The van der Waals surface area contributed by atoms with Crippen LogP contribution in [0.15, 0.2) is 24.3 Å². The maximum atomic E-state index is 8.99. The molecule has 0 heterocycles. The van der Waals surface area contributed by atoms with Gasteiger partial charge >= 0.3 is 0 Å². The predicted molar refractivity (Wildman–Crippen MR) is 55.9 cm³/mol. The van der Waals surface area contributed by atoms with Crippen LogP contribution < -0.4 is 5.32 Å². The van der Waals surface area contributed by atoms with E-state index < -0.39 is 0 Å². The van der Waals surface area contributed by atoms with Gasteiger partial charge in [-0.05, 0) is 24.6 Å². The van der Waals surface area contributed by atoms with Crippen LogP contribution in [0.5, 0.6) is 0 Å². The highest BCUT2D eigenvalue weighted by Crippen LogP contribution is 2.11. The Kier molecular flexibility index (Phi) is 3.96. The van der Waals surface area contributed by atoms with E-state index in [1.165, 1.54) is 0 Å². The molecular formula is C11H14N2O. The highest BCUT2D eigenvalue weighted by atomic mass is 16.3. The second kappa shape index (κ2) is 5.25. The Balaban J connectivity index is 2.72. The number of nitrogens with zero attached hydrogens (tertiary/aromatic N) is 1. The zero-order valence-corrected chi connectivity index (χ0v) is 8.20. The number of benzene rings is 1. The molecule has 0 radical (unpaired) electrons. The fraction of sp³-hybridized carbons (Fsp3) is 0.364. The summed E-state index contributed by atoms with van der Waals surface area (Å²) in [7, 11) is 0. The number of nitrogens with one attached hydrogen (secondary N) is 1. The summed E-state index contributed by atoms with van der Waals surface area (Å²) in [4.78, 5) is 0. The third kappa shape index (κ3) is 2.75. The van der Waals surface area contributed by atoms with Gasteiger partial charge in [0.15, 0.2) is 0 Å². The lowest BCUT2D eigenvalue weighted by molar-refractivity contribution is 0.272. The molecular weight excluding hydrogens is 176 g/mol. The molecule has 0 amide bonds. The van der Waals surface area contributed by atoms with Crippen LogP contribution in [0.2, 0.25) is 0 Å². The number of hydrogen-bond acceptors (Lipinski definition) is 3. The monoisotopic (exact) mass is 190 g/mol. The van der Waals surface area contributed by atoms with Crippen LogP contribution in [0.3, 0.4) is 0 Å². The van der Waals surface area contributed by atoms with E-state index in [1.807, 2.05) is 19.1 Å². The number of anilines is 1. The van der Waals surface area contributed by atoms with E-state index in [9.17, 15) is 0 Å². The van der Waals surface area contributed by atoms with Crippen LogP contribution in [0, 0.1) is 11.3 Å². The van der Waals surface area contributed by atoms with Crippen LogP contribution in [0.25, 0.3) is 0 Å². The first kappa shape index (κ1) is 10.6. The number of aliphatic hydroxyl groups is 1. The third-order valence-electron chi connectivity index (χ3n) is 2.08. The van der Waals surface area contributed by atoms with E-state index in [2.05, 4.69) is 11.4 Å². The van der Waals surface area contributed by atoms with Crippen molar-refractivity contribution in [3.63, 3.8) is 0 Å². The Morgan fingerprint density at radius 2 is 2.36 bits per heavy atom. The summed E-state index contributed by atoms with van der Waals surface area (Å²) in [6.45, 7) is 2.11. The Morgan fingerprint density at radius 1 is 1.57 bits per heavy atom. The van der Waals surface area contributed by atoms with Crippen LogP contribution in [-0.4, -0.2) is 17.8 Å². The van der Waals surface area contributed by atoms with Gasteiger partial charge in [-0.25, -0.2) is 0 Å². The summed E-state index contributed by atoms with van der Waals surface area (Å²) < 4.78 is 0. The van der Waals surface area contributed by atoms with Crippen molar-refractivity contribution in [2.24, 2.45) is 0 Å². The lowest BCUT2D eigenvalue weighted by Crippen LogP contribution is -2.22. The van der Waals surface area contributed by atoms with Crippen molar-refractivity contribution in [3.05, 3.63) is 29.8 Å². The molecule has 0 aliphatic rings. The third-order valence-corrected chi connectivity index (χ3v) is 2.08. The van der Waals surface area contributed by atoms with Crippen molar-refractivity contribution in [1.82, 2.24) is 0 Å². The smallest absolute Gasteiger partial charge is 0.0992 e. The van der Waals surface area contributed by atoms with Crippen molar-refractivity contribution in [2.45, 2.75) is 19.4 Å². The zero-order chi connectivity index (χ0) is 10.4. The van der Waals surface area contributed by atoms with Gasteiger partial charge in [-0.2, -0.15) is 5.26 Å². The molecule has 0 aliphatic carbocycles. The molecule has 0 saturated heterocycles. The molecule has 0 spiro atoms. The molecule has 1 unspecified atom stereocenters. The van der Waals surface area contributed by atoms with Gasteiger partial charge in [0.05, 0.1) is 18.2 Å². The van der Waals surface area contributed by atoms with Gasteiger partial charge in [-0.3, -0.25) is 0 Å². The molecule has 0 bridgehead atoms. The minimum absolute atomic E-state index is 0.0592. The minimum Gasteiger partial charge on any atom is -0.394 e. The van der Waals surface area contributed by atoms with Gasteiger partial charge in [0, 0.05) is 11.7 Å². The Labute approximate surface area is 84.0 Å². The summed E-state index contributed by atoms with van der Waals surface area (Å²) in [5.41, 5.74) is 1.51. The average Bonchev–Trinajstić information content (AvgIpc) is 2.26. The van der Waals surface area contributed by atoms with Gasteiger partial charge in [0.1, 0.15) is 0 Å². The molecule has 3 nitrogen and oxygen atoms in total. The first-order valence-corrected chi connectivity index (χ1v) is 4.67. The molecule has 3 heteroatoms. The number of nitriles is 1. The van der Waals surface area contributed by atoms with Crippen molar-refractivity contribution in [1.29, 1.82) is 5.26 Å². The molecule has 14 heavy (non-hydrogen) atoms. The first-order valence-electron chi connectivity index (χ1n) is 4.67. The highest BCUT2D eigenvalue weighted by molar-refractivity contribution is 5.49. The molecule has 1 aromatic rings. The standard InChI is InChI=1S/C11H14N2O/c1-2-10(8-14)13-11-5-3-4-9(6-11)7-12/h3-6,10,13-14H,2,8H2,1H3.